The number of allylic oxidation sites excluding steroid dienone is 3. The number of aliphatic hydroxyl groups excluding tert-OH is 1. The summed E-state index contributed by atoms with van der Waals surface area (Å²) < 4.78 is 18.8. The van der Waals surface area contributed by atoms with Crippen LogP contribution in [0.25, 0.3) is 0 Å². The molecule has 0 radical (unpaired) electrons. The monoisotopic (exact) mass is 311 g/mol. The number of halogens is 1. The van der Waals surface area contributed by atoms with Gasteiger partial charge in [0.05, 0.1) is 0 Å². The zero-order valence-electron chi connectivity index (χ0n) is 13.7. The molecule has 2 aliphatic rings. The van der Waals surface area contributed by atoms with Gasteiger partial charge in [-0.05, 0) is 31.6 Å². The largest absolute Gasteiger partial charge is 0.366 e. The van der Waals surface area contributed by atoms with Crippen LogP contribution in [0.5, 0.6) is 0 Å². The van der Waals surface area contributed by atoms with E-state index in [4.69, 9.17) is 4.74 Å². The van der Waals surface area contributed by atoms with Gasteiger partial charge in [-0.2, -0.15) is 0 Å². The highest BCUT2D eigenvalue weighted by Gasteiger charge is 2.43. The molecule has 0 bridgehead atoms. The quantitative estimate of drug-likeness (QED) is 0.606. The number of epoxide rings is 1. The van der Waals surface area contributed by atoms with Gasteiger partial charge in [-0.3, -0.25) is 4.79 Å². The van der Waals surface area contributed by atoms with E-state index in [1.807, 2.05) is 13.0 Å². The fraction of sp³-hybridized carbons (Fsp3) is 0.706. The normalized spacial score (nSPS) is 33.4. The van der Waals surface area contributed by atoms with Crippen LogP contribution in [0.15, 0.2) is 23.4 Å². The van der Waals surface area contributed by atoms with Gasteiger partial charge in [-0.25, -0.2) is 4.39 Å². The molecular weight excluding hydrogens is 285 g/mol. The predicted octanol–water partition coefficient (Wildman–Crippen LogP) is 2.83. The van der Waals surface area contributed by atoms with Gasteiger partial charge in [0.2, 0.25) is 0 Å². The molecule has 1 saturated heterocycles. The summed E-state index contributed by atoms with van der Waals surface area (Å²) in [5.41, 5.74) is 0.0241. The molecular formula is C17H26FNO3. The van der Waals surface area contributed by atoms with Gasteiger partial charge in [0.1, 0.15) is 11.8 Å². The average molecular weight is 311 g/mol. The van der Waals surface area contributed by atoms with Gasteiger partial charge < -0.3 is 15.2 Å². The maximum atomic E-state index is 13.8. The Kier molecular flexibility index (Phi) is 5.07. The Morgan fingerprint density at radius 2 is 2.18 bits per heavy atom. The number of carbonyl (C=O) groups excluding carboxylic acids is 1. The van der Waals surface area contributed by atoms with Crippen molar-refractivity contribution in [2.45, 2.75) is 65.0 Å². The number of aliphatic hydroxyl groups is 1. The van der Waals surface area contributed by atoms with Gasteiger partial charge in [-0.15, -0.1) is 0 Å². The van der Waals surface area contributed by atoms with Crippen LogP contribution in [-0.4, -0.2) is 29.1 Å². The minimum absolute atomic E-state index is 0.201. The molecule has 124 valence electrons. The first-order chi connectivity index (χ1) is 10.2. The number of amides is 1. The second-order valence-electron chi connectivity index (χ2n) is 6.97. The van der Waals surface area contributed by atoms with E-state index in [1.54, 1.807) is 13.0 Å². The van der Waals surface area contributed by atoms with Crippen molar-refractivity contribution in [2.24, 2.45) is 11.8 Å². The average Bonchev–Trinajstić information content (AvgIpc) is 3.14. The van der Waals surface area contributed by atoms with Crippen molar-refractivity contribution < 1.29 is 19.0 Å². The minimum atomic E-state index is -1.19. The first-order valence-electron chi connectivity index (χ1n) is 7.94. The first-order valence-corrected chi connectivity index (χ1v) is 7.94. The van der Waals surface area contributed by atoms with E-state index in [0.29, 0.717) is 30.8 Å². The third-order valence-electron chi connectivity index (χ3n) is 4.49. The SMILES string of the molecule is CC(C)[C@@H](C)/C=C(\C(=O)NC1=CC[C@](C)(F)CC1)[C@@H]1O[C@@H]1O. The molecule has 1 fully saturated rings. The Hall–Kier alpha value is -1.20. The molecule has 2 rings (SSSR count). The van der Waals surface area contributed by atoms with Crippen LogP contribution in [0.2, 0.25) is 0 Å². The van der Waals surface area contributed by atoms with Crippen molar-refractivity contribution in [3.8, 4) is 0 Å². The number of carbonyl (C=O) groups is 1. The molecule has 0 aromatic heterocycles. The van der Waals surface area contributed by atoms with E-state index in [-0.39, 0.29) is 11.8 Å². The van der Waals surface area contributed by atoms with Crippen molar-refractivity contribution in [3.63, 3.8) is 0 Å². The molecule has 1 amide bonds. The molecule has 0 saturated carbocycles. The summed E-state index contributed by atoms with van der Waals surface area (Å²) in [4.78, 5) is 12.5. The number of alkyl halides is 1. The fourth-order valence-electron chi connectivity index (χ4n) is 2.37. The maximum Gasteiger partial charge on any atom is 0.253 e. The van der Waals surface area contributed by atoms with E-state index in [2.05, 4.69) is 19.2 Å². The Bertz CT molecular complexity index is 496. The summed E-state index contributed by atoms with van der Waals surface area (Å²) in [5.74, 6) is 0.328. The van der Waals surface area contributed by atoms with E-state index in [0.717, 1.165) is 5.70 Å². The summed E-state index contributed by atoms with van der Waals surface area (Å²) in [7, 11) is 0. The molecule has 22 heavy (non-hydrogen) atoms. The Morgan fingerprint density at radius 1 is 1.55 bits per heavy atom. The standard InChI is InChI=1S/C17H26FNO3/c1-10(2)11(3)9-13(14-16(21)22-14)15(20)19-12-5-7-17(4,18)8-6-12/h5,9-11,14,16,21H,6-8H2,1-4H3,(H,19,20)/b13-9-/t11-,14-,16-,17-/m0/s1. The van der Waals surface area contributed by atoms with E-state index < -0.39 is 18.1 Å². The third kappa shape index (κ3) is 4.40. The molecule has 0 spiro atoms. The van der Waals surface area contributed by atoms with Crippen LogP contribution in [0.4, 0.5) is 4.39 Å². The summed E-state index contributed by atoms with van der Waals surface area (Å²) in [6.45, 7) is 7.76. The van der Waals surface area contributed by atoms with Crippen molar-refractivity contribution in [2.75, 3.05) is 0 Å². The lowest BCUT2D eigenvalue weighted by molar-refractivity contribution is -0.117. The highest BCUT2D eigenvalue weighted by atomic mass is 19.1. The number of nitrogens with one attached hydrogen (secondary N) is 1. The lowest BCUT2D eigenvalue weighted by Crippen LogP contribution is -2.31. The molecule has 0 unspecified atom stereocenters. The summed E-state index contributed by atoms with van der Waals surface area (Å²) in [6, 6.07) is 0. The van der Waals surface area contributed by atoms with Crippen LogP contribution in [0, 0.1) is 11.8 Å². The molecule has 0 aromatic rings. The van der Waals surface area contributed by atoms with Gasteiger partial charge in [0.25, 0.3) is 5.91 Å². The number of ether oxygens (including phenoxy) is 1. The summed E-state index contributed by atoms with van der Waals surface area (Å²) in [6.07, 6.45) is 3.40. The van der Waals surface area contributed by atoms with Gasteiger partial charge >= 0.3 is 0 Å². The summed E-state index contributed by atoms with van der Waals surface area (Å²) in [5, 5.41) is 12.3. The third-order valence-corrected chi connectivity index (χ3v) is 4.49. The maximum absolute atomic E-state index is 13.8. The molecule has 5 heteroatoms. The van der Waals surface area contributed by atoms with E-state index in [1.165, 1.54) is 0 Å². The van der Waals surface area contributed by atoms with E-state index in [9.17, 15) is 14.3 Å². The predicted molar refractivity (Wildman–Crippen MR) is 82.6 cm³/mol. The molecule has 1 heterocycles. The van der Waals surface area contributed by atoms with E-state index >= 15 is 0 Å². The Labute approximate surface area is 131 Å². The van der Waals surface area contributed by atoms with Crippen LogP contribution in [0.3, 0.4) is 0 Å². The van der Waals surface area contributed by atoms with Crippen LogP contribution < -0.4 is 5.32 Å². The number of hydrogen-bond donors (Lipinski definition) is 2. The summed E-state index contributed by atoms with van der Waals surface area (Å²) >= 11 is 0. The lowest BCUT2D eigenvalue weighted by Gasteiger charge is -2.25. The smallest absolute Gasteiger partial charge is 0.253 e. The zero-order valence-corrected chi connectivity index (χ0v) is 13.7. The molecule has 1 aliphatic heterocycles. The molecule has 4 nitrogen and oxygen atoms in total. The molecule has 0 aromatic carbocycles. The highest BCUT2D eigenvalue weighted by Crippen LogP contribution is 2.32. The van der Waals surface area contributed by atoms with Crippen molar-refractivity contribution in [3.05, 3.63) is 23.4 Å². The van der Waals surface area contributed by atoms with Gasteiger partial charge in [0, 0.05) is 17.7 Å². The van der Waals surface area contributed by atoms with Crippen molar-refractivity contribution in [1.29, 1.82) is 0 Å². The topological polar surface area (TPSA) is 61.9 Å². The number of rotatable bonds is 5. The van der Waals surface area contributed by atoms with Crippen LogP contribution in [0.1, 0.15) is 47.0 Å². The molecule has 2 N–H and O–H groups in total. The van der Waals surface area contributed by atoms with Crippen LogP contribution in [-0.2, 0) is 9.53 Å². The minimum Gasteiger partial charge on any atom is -0.366 e. The Morgan fingerprint density at radius 3 is 2.64 bits per heavy atom. The number of hydrogen-bond acceptors (Lipinski definition) is 3. The van der Waals surface area contributed by atoms with Gasteiger partial charge in [0.15, 0.2) is 6.29 Å². The second-order valence-corrected chi connectivity index (χ2v) is 6.97. The van der Waals surface area contributed by atoms with Crippen LogP contribution >= 0.6 is 0 Å². The lowest BCUT2D eigenvalue weighted by atomic mass is 9.91. The fourth-order valence-corrected chi connectivity index (χ4v) is 2.37. The molecule has 4 atom stereocenters. The Balaban J connectivity index is 2.06. The van der Waals surface area contributed by atoms with Crippen molar-refractivity contribution in [1.82, 2.24) is 5.32 Å². The second kappa shape index (κ2) is 6.50. The van der Waals surface area contributed by atoms with Crippen molar-refractivity contribution >= 4 is 5.91 Å². The highest BCUT2D eigenvalue weighted by molar-refractivity contribution is 5.96. The zero-order chi connectivity index (χ0) is 16.5. The molecule has 1 aliphatic carbocycles. The van der Waals surface area contributed by atoms with Gasteiger partial charge in [-0.1, -0.05) is 32.9 Å². The first kappa shape index (κ1) is 17.2.